The molecule has 0 saturated carbocycles. The molecule has 2 aromatic carbocycles. The van der Waals surface area contributed by atoms with Crippen LogP contribution in [0.15, 0.2) is 40.9 Å². The van der Waals surface area contributed by atoms with E-state index in [4.69, 9.17) is 5.73 Å². The molecule has 0 spiro atoms. The number of halogens is 1. The van der Waals surface area contributed by atoms with Gasteiger partial charge in [0.05, 0.1) is 0 Å². The second-order valence-electron chi connectivity index (χ2n) is 3.93. The van der Waals surface area contributed by atoms with E-state index in [1.807, 2.05) is 0 Å². The summed E-state index contributed by atoms with van der Waals surface area (Å²) >= 11 is 3.26. The van der Waals surface area contributed by atoms with E-state index < -0.39 is 5.91 Å². The molecule has 0 saturated heterocycles. The monoisotopic (exact) mass is 322 g/mol. The second-order valence-corrected chi connectivity index (χ2v) is 4.78. The number of aromatic hydroxyl groups is 2. The topological polar surface area (TPSA) is 95.6 Å². The summed E-state index contributed by atoms with van der Waals surface area (Å²) in [6.07, 6.45) is 0. The number of hydrogen-bond donors (Lipinski definition) is 4. The summed E-state index contributed by atoms with van der Waals surface area (Å²) in [6.45, 7) is 0. The average molecular weight is 323 g/mol. The number of amides is 1. The van der Waals surface area contributed by atoms with Gasteiger partial charge in [0.1, 0.15) is 11.5 Å². The Bertz CT molecular complexity index is 624. The van der Waals surface area contributed by atoms with Crippen LogP contribution in [0.3, 0.4) is 0 Å². The molecule has 0 aliphatic rings. The van der Waals surface area contributed by atoms with Gasteiger partial charge in [-0.1, -0.05) is 0 Å². The number of benzene rings is 2. The van der Waals surface area contributed by atoms with Gasteiger partial charge in [-0.05, 0) is 46.3 Å². The van der Waals surface area contributed by atoms with Crippen LogP contribution < -0.4 is 11.1 Å². The highest BCUT2D eigenvalue weighted by atomic mass is 79.9. The van der Waals surface area contributed by atoms with E-state index in [1.54, 1.807) is 18.2 Å². The minimum Gasteiger partial charge on any atom is -0.508 e. The van der Waals surface area contributed by atoms with Crippen molar-refractivity contribution in [3.05, 3.63) is 46.4 Å². The van der Waals surface area contributed by atoms with Crippen LogP contribution >= 0.6 is 15.9 Å². The van der Waals surface area contributed by atoms with Crippen LogP contribution in [-0.2, 0) is 0 Å². The van der Waals surface area contributed by atoms with E-state index in [9.17, 15) is 15.0 Å². The number of carbonyl (C=O) groups is 1. The minimum absolute atomic E-state index is 0.152. The van der Waals surface area contributed by atoms with E-state index in [0.717, 1.165) is 10.5 Å². The number of nitrogens with one attached hydrogen (secondary N) is 1. The molecular formula is C13H11BrN2O3. The second kappa shape index (κ2) is 5.19. The SMILES string of the molecule is Nc1cc(NC(=O)c2cc(O)cc(O)c2)ccc1Br. The van der Waals surface area contributed by atoms with Crippen molar-refractivity contribution >= 4 is 33.2 Å². The van der Waals surface area contributed by atoms with Gasteiger partial charge in [0, 0.05) is 27.5 Å². The molecule has 0 aliphatic carbocycles. The van der Waals surface area contributed by atoms with Crippen LogP contribution in [0.2, 0.25) is 0 Å². The molecule has 0 heterocycles. The number of phenols is 2. The summed E-state index contributed by atoms with van der Waals surface area (Å²) in [4.78, 5) is 11.9. The zero-order valence-electron chi connectivity index (χ0n) is 9.72. The lowest BCUT2D eigenvalue weighted by Gasteiger charge is -2.07. The molecule has 6 heteroatoms. The molecule has 0 atom stereocenters. The standard InChI is InChI=1S/C13H11BrN2O3/c14-11-2-1-8(5-12(11)15)16-13(19)7-3-9(17)6-10(18)4-7/h1-6,17-18H,15H2,(H,16,19). The maximum Gasteiger partial charge on any atom is 0.255 e. The highest BCUT2D eigenvalue weighted by molar-refractivity contribution is 9.10. The Hall–Kier alpha value is -2.21. The Morgan fingerprint density at radius 2 is 1.74 bits per heavy atom. The summed E-state index contributed by atoms with van der Waals surface area (Å²) in [5, 5.41) is 21.3. The molecule has 0 radical (unpaired) electrons. The lowest BCUT2D eigenvalue weighted by atomic mass is 10.2. The quantitative estimate of drug-likeness (QED) is 0.639. The fourth-order valence-corrected chi connectivity index (χ4v) is 1.80. The van der Waals surface area contributed by atoms with E-state index in [2.05, 4.69) is 21.2 Å². The fourth-order valence-electron chi connectivity index (χ4n) is 1.55. The zero-order chi connectivity index (χ0) is 14.0. The highest BCUT2D eigenvalue weighted by Gasteiger charge is 2.09. The number of nitrogens with two attached hydrogens (primary N) is 1. The number of carbonyl (C=O) groups excluding carboxylic acids is 1. The van der Waals surface area contributed by atoms with Crippen LogP contribution in [0.25, 0.3) is 0 Å². The molecule has 2 rings (SSSR count). The third-order valence-electron chi connectivity index (χ3n) is 2.42. The first-order chi connectivity index (χ1) is 8.95. The van der Waals surface area contributed by atoms with Gasteiger partial charge in [0.2, 0.25) is 0 Å². The number of phenolic OH excluding ortho intramolecular Hbond substituents is 2. The first-order valence-corrected chi connectivity index (χ1v) is 6.14. The Morgan fingerprint density at radius 3 is 2.32 bits per heavy atom. The molecule has 5 nitrogen and oxygen atoms in total. The summed E-state index contributed by atoms with van der Waals surface area (Å²) in [7, 11) is 0. The van der Waals surface area contributed by atoms with Gasteiger partial charge in [0.25, 0.3) is 5.91 Å². The number of anilines is 2. The largest absolute Gasteiger partial charge is 0.508 e. The van der Waals surface area contributed by atoms with Crippen LogP contribution in [0.1, 0.15) is 10.4 Å². The fraction of sp³-hybridized carbons (Fsp3) is 0. The third-order valence-corrected chi connectivity index (χ3v) is 3.14. The van der Waals surface area contributed by atoms with Gasteiger partial charge in [-0.15, -0.1) is 0 Å². The van der Waals surface area contributed by atoms with Gasteiger partial charge in [-0.2, -0.15) is 0 Å². The summed E-state index contributed by atoms with van der Waals surface area (Å²) in [5.74, 6) is -0.811. The molecule has 0 bridgehead atoms. The van der Waals surface area contributed by atoms with Crippen molar-refractivity contribution in [2.45, 2.75) is 0 Å². The van der Waals surface area contributed by atoms with E-state index >= 15 is 0 Å². The van der Waals surface area contributed by atoms with Crippen molar-refractivity contribution in [2.24, 2.45) is 0 Å². The van der Waals surface area contributed by atoms with E-state index in [-0.39, 0.29) is 17.1 Å². The molecule has 0 unspecified atom stereocenters. The molecule has 0 aliphatic heterocycles. The third kappa shape index (κ3) is 3.17. The van der Waals surface area contributed by atoms with Crippen LogP contribution in [0.4, 0.5) is 11.4 Å². The zero-order valence-corrected chi connectivity index (χ0v) is 11.3. The Kier molecular flexibility index (Phi) is 3.62. The van der Waals surface area contributed by atoms with Crippen molar-refractivity contribution in [3.8, 4) is 11.5 Å². The first kappa shape index (κ1) is 13.2. The predicted octanol–water partition coefficient (Wildman–Crippen LogP) is 2.69. The van der Waals surface area contributed by atoms with Crippen molar-refractivity contribution < 1.29 is 15.0 Å². The van der Waals surface area contributed by atoms with Crippen molar-refractivity contribution in [1.29, 1.82) is 0 Å². The predicted molar refractivity (Wildman–Crippen MR) is 76.3 cm³/mol. The smallest absolute Gasteiger partial charge is 0.255 e. The van der Waals surface area contributed by atoms with Gasteiger partial charge in [-0.3, -0.25) is 4.79 Å². The van der Waals surface area contributed by atoms with Gasteiger partial charge in [-0.25, -0.2) is 0 Å². The molecule has 1 amide bonds. The summed E-state index contributed by atoms with van der Waals surface area (Å²) in [5.41, 5.74) is 6.88. The van der Waals surface area contributed by atoms with Crippen molar-refractivity contribution in [2.75, 3.05) is 11.1 Å². The Morgan fingerprint density at radius 1 is 1.11 bits per heavy atom. The van der Waals surface area contributed by atoms with Crippen molar-refractivity contribution in [3.63, 3.8) is 0 Å². The number of rotatable bonds is 2. The molecule has 0 aromatic heterocycles. The maximum absolute atomic E-state index is 11.9. The highest BCUT2D eigenvalue weighted by Crippen LogP contribution is 2.24. The average Bonchev–Trinajstić information content (AvgIpc) is 2.32. The Labute approximate surface area is 117 Å². The number of nitrogen functional groups attached to an aromatic ring is 1. The molecule has 5 N–H and O–H groups in total. The molecule has 19 heavy (non-hydrogen) atoms. The van der Waals surface area contributed by atoms with Crippen LogP contribution in [-0.4, -0.2) is 16.1 Å². The molecule has 2 aromatic rings. The van der Waals surface area contributed by atoms with Crippen LogP contribution in [0, 0.1) is 0 Å². The summed E-state index contributed by atoms with van der Waals surface area (Å²) in [6, 6.07) is 8.67. The first-order valence-electron chi connectivity index (χ1n) is 5.35. The molecule has 98 valence electrons. The maximum atomic E-state index is 11.9. The molecule has 0 fully saturated rings. The minimum atomic E-state index is -0.451. The van der Waals surface area contributed by atoms with Gasteiger partial charge >= 0.3 is 0 Å². The lowest BCUT2D eigenvalue weighted by Crippen LogP contribution is -2.11. The van der Waals surface area contributed by atoms with Gasteiger partial charge < -0.3 is 21.3 Å². The van der Waals surface area contributed by atoms with E-state index in [1.165, 1.54) is 12.1 Å². The van der Waals surface area contributed by atoms with E-state index in [0.29, 0.717) is 11.4 Å². The Balaban J connectivity index is 2.22. The van der Waals surface area contributed by atoms with Crippen molar-refractivity contribution in [1.82, 2.24) is 0 Å². The summed E-state index contributed by atoms with van der Waals surface area (Å²) < 4.78 is 0.737. The number of hydrogen-bond acceptors (Lipinski definition) is 4. The van der Waals surface area contributed by atoms with Crippen LogP contribution in [0.5, 0.6) is 11.5 Å². The van der Waals surface area contributed by atoms with Gasteiger partial charge in [0.15, 0.2) is 0 Å². The normalized spacial score (nSPS) is 10.2. The molecular weight excluding hydrogens is 312 g/mol. The lowest BCUT2D eigenvalue weighted by molar-refractivity contribution is 0.102.